The van der Waals surface area contributed by atoms with Gasteiger partial charge in [0, 0.05) is 7.11 Å². The van der Waals surface area contributed by atoms with Gasteiger partial charge in [-0.3, -0.25) is 15.7 Å². The minimum absolute atomic E-state index is 0.432. The van der Waals surface area contributed by atoms with Crippen molar-refractivity contribution in [1.29, 1.82) is 0 Å². The van der Waals surface area contributed by atoms with E-state index in [1.54, 1.807) is 5.48 Å². The molecule has 14 atom stereocenters. The maximum absolute atomic E-state index is 10.7. The van der Waals surface area contributed by atoms with Crippen LogP contribution in [0.1, 0.15) is 0 Å². The standard InChI is InChI=1S/C19H34N2O15/c1-32-15-6(3-23)33-19(12(29)9(15)26)36-16-7(4-24)34-18(13(30)10(16)27)35-14-5(2-22)20-17(21-31)11(28)8(14)25/h5-16,18-19,22-31H,2-4H2,1H3,(H,20,21)/t5-,6-,7-,8-,9-,10-,11-,12-,13-,14-,15-,16-,18-,19-/m1/s1. The summed E-state index contributed by atoms with van der Waals surface area (Å²) < 4.78 is 27.0. The predicted molar refractivity (Wildman–Crippen MR) is 111 cm³/mol. The predicted octanol–water partition coefficient (Wildman–Crippen LogP) is -6.88. The quantitative estimate of drug-likeness (QED) is 0.130. The Morgan fingerprint density at radius 1 is 0.722 bits per heavy atom. The molecule has 0 aromatic rings. The van der Waals surface area contributed by atoms with E-state index in [1.165, 1.54) is 7.11 Å². The van der Waals surface area contributed by atoms with Crippen LogP contribution in [-0.2, 0) is 23.7 Å². The number of aliphatic hydroxyl groups excluding tert-OH is 9. The number of hydroxylamine groups is 1. The largest absolute Gasteiger partial charge is 0.394 e. The molecule has 17 heteroatoms. The number of nitrogens with one attached hydrogen (secondary N) is 1. The van der Waals surface area contributed by atoms with Crippen LogP contribution in [-0.4, -0.2) is 170 Å². The molecule has 3 aliphatic rings. The molecule has 0 saturated carbocycles. The number of ether oxygens (including phenoxy) is 5. The number of aliphatic hydroxyl groups is 9. The van der Waals surface area contributed by atoms with Crippen molar-refractivity contribution in [2.45, 2.75) is 85.8 Å². The van der Waals surface area contributed by atoms with E-state index < -0.39 is 111 Å². The van der Waals surface area contributed by atoms with Gasteiger partial charge in [0.1, 0.15) is 73.2 Å². The van der Waals surface area contributed by atoms with Crippen LogP contribution in [0.5, 0.6) is 0 Å². The Morgan fingerprint density at radius 2 is 1.22 bits per heavy atom. The fourth-order valence-corrected chi connectivity index (χ4v) is 4.41. The zero-order valence-electron chi connectivity index (χ0n) is 19.2. The molecule has 0 bridgehead atoms. The second kappa shape index (κ2) is 12.6. The topological polar surface area (TPSA) is 273 Å². The normalized spacial score (nSPS) is 47.9. The molecule has 36 heavy (non-hydrogen) atoms. The van der Waals surface area contributed by atoms with E-state index >= 15 is 0 Å². The SMILES string of the molecule is CO[C@H]1[C@H](O)[C@@H](O)[C@@H](O[C@H]2[C@H](O)[C@@H](O)[C@@H](O[C@H]3[C@H](O)[C@@H](O)C(NO)=N[C@@H]3CO)O[C@@H]2CO)O[C@@H]1CO. The van der Waals surface area contributed by atoms with Crippen LogP contribution in [0.25, 0.3) is 0 Å². The number of aliphatic imine (C=N–C) groups is 1. The van der Waals surface area contributed by atoms with Gasteiger partial charge in [0.15, 0.2) is 18.4 Å². The van der Waals surface area contributed by atoms with Crippen LogP contribution in [0, 0.1) is 0 Å². The van der Waals surface area contributed by atoms with Crippen LogP contribution < -0.4 is 5.48 Å². The summed E-state index contributed by atoms with van der Waals surface area (Å²) >= 11 is 0. The molecule has 3 heterocycles. The summed E-state index contributed by atoms with van der Waals surface area (Å²) in [5.41, 5.74) is 1.60. The highest BCUT2D eigenvalue weighted by Crippen LogP contribution is 2.31. The number of rotatable bonds is 8. The third-order valence-electron chi connectivity index (χ3n) is 6.42. The molecule has 0 aliphatic carbocycles. The molecular formula is C19H34N2O15. The Bertz CT molecular complexity index is 729. The van der Waals surface area contributed by atoms with E-state index in [-0.39, 0.29) is 0 Å². The fourth-order valence-electron chi connectivity index (χ4n) is 4.41. The van der Waals surface area contributed by atoms with Gasteiger partial charge in [-0.1, -0.05) is 0 Å². The van der Waals surface area contributed by atoms with Crippen LogP contribution in [0.15, 0.2) is 4.99 Å². The molecular weight excluding hydrogens is 496 g/mol. The Labute approximate surface area is 204 Å². The van der Waals surface area contributed by atoms with Crippen molar-refractivity contribution in [3.05, 3.63) is 0 Å². The molecule has 3 aliphatic heterocycles. The summed E-state index contributed by atoms with van der Waals surface area (Å²) in [5, 5.41) is 100. The maximum atomic E-state index is 10.7. The van der Waals surface area contributed by atoms with E-state index in [1.807, 2.05) is 0 Å². The fraction of sp³-hybridized carbons (Fsp3) is 0.947. The maximum Gasteiger partial charge on any atom is 0.187 e. The number of nitrogens with zero attached hydrogens (tertiary/aromatic N) is 1. The molecule has 2 fully saturated rings. The lowest BCUT2D eigenvalue weighted by molar-refractivity contribution is -0.366. The van der Waals surface area contributed by atoms with Crippen molar-refractivity contribution in [3.63, 3.8) is 0 Å². The summed E-state index contributed by atoms with van der Waals surface area (Å²) in [5.74, 6) is -0.432. The van der Waals surface area contributed by atoms with Gasteiger partial charge in [-0.15, -0.1) is 0 Å². The molecule has 17 nitrogen and oxygen atoms in total. The molecule has 0 radical (unpaired) electrons. The second-order valence-electron chi connectivity index (χ2n) is 8.63. The van der Waals surface area contributed by atoms with Gasteiger partial charge in [0.05, 0.1) is 19.8 Å². The van der Waals surface area contributed by atoms with Gasteiger partial charge in [0.2, 0.25) is 0 Å². The monoisotopic (exact) mass is 530 g/mol. The summed E-state index contributed by atoms with van der Waals surface area (Å²) in [6.07, 6.45) is -20.4. The van der Waals surface area contributed by atoms with E-state index in [9.17, 15) is 46.0 Å². The highest BCUT2D eigenvalue weighted by molar-refractivity contribution is 5.87. The van der Waals surface area contributed by atoms with Gasteiger partial charge >= 0.3 is 0 Å². The van der Waals surface area contributed by atoms with Gasteiger partial charge in [-0.2, -0.15) is 0 Å². The first-order valence-electron chi connectivity index (χ1n) is 11.2. The lowest BCUT2D eigenvalue weighted by Crippen LogP contribution is -2.66. The lowest BCUT2D eigenvalue weighted by atomic mass is 9.95. The lowest BCUT2D eigenvalue weighted by Gasteiger charge is -2.47. The van der Waals surface area contributed by atoms with E-state index in [0.717, 1.165) is 0 Å². The average molecular weight is 530 g/mol. The van der Waals surface area contributed by atoms with Gasteiger partial charge in [-0.25, -0.2) is 0 Å². The zero-order chi connectivity index (χ0) is 26.7. The summed E-state index contributed by atoms with van der Waals surface area (Å²) in [6, 6.07) is -1.22. The number of hydrogen-bond acceptors (Lipinski definition) is 17. The van der Waals surface area contributed by atoms with Crippen LogP contribution in [0.2, 0.25) is 0 Å². The highest BCUT2D eigenvalue weighted by Gasteiger charge is 2.52. The van der Waals surface area contributed by atoms with Crippen molar-refractivity contribution in [2.24, 2.45) is 4.99 Å². The third-order valence-corrected chi connectivity index (χ3v) is 6.42. The first-order valence-corrected chi connectivity index (χ1v) is 11.2. The summed E-state index contributed by atoms with van der Waals surface area (Å²) in [7, 11) is 1.24. The van der Waals surface area contributed by atoms with Crippen molar-refractivity contribution in [2.75, 3.05) is 26.9 Å². The third kappa shape index (κ3) is 5.65. The minimum Gasteiger partial charge on any atom is -0.394 e. The Morgan fingerprint density at radius 3 is 1.69 bits per heavy atom. The zero-order valence-corrected chi connectivity index (χ0v) is 19.2. The van der Waals surface area contributed by atoms with E-state index in [4.69, 9.17) is 28.9 Å². The van der Waals surface area contributed by atoms with Crippen molar-refractivity contribution >= 4 is 5.84 Å². The van der Waals surface area contributed by atoms with Crippen LogP contribution >= 0.6 is 0 Å². The van der Waals surface area contributed by atoms with Gasteiger partial charge < -0.3 is 69.6 Å². The molecule has 210 valence electrons. The molecule has 0 aromatic heterocycles. The average Bonchev–Trinajstić information content (AvgIpc) is 2.88. The van der Waals surface area contributed by atoms with E-state index in [0.29, 0.717) is 0 Å². The first-order chi connectivity index (χ1) is 17.1. The number of hydrogen-bond donors (Lipinski definition) is 11. The minimum atomic E-state index is -1.88. The summed E-state index contributed by atoms with van der Waals surface area (Å²) in [6.45, 7) is -2.10. The number of methoxy groups -OCH3 is 1. The van der Waals surface area contributed by atoms with Gasteiger partial charge in [0.25, 0.3) is 0 Å². The molecule has 3 rings (SSSR count). The Hall–Kier alpha value is -1.13. The van der Waals surface area contributed by atoms with E-state index in [2.05, 4.69) is 4.99 Å². The Kier molecular flexibility index (Phi) is 10.3. The Balaban J connectivity index is 1.74. The molecule has 0 aromatic carbocycles. The number of amidine groups is 1. The summed E-state index contributed by atoms with van der Waals surface area (Å²) in [4.78, 5) is 3.81. The van der Waals surface area contributed by atoms with Crippen LogP contribution in [0.3, 0.4) is 0 Å². The van der Waals surface area contributed by atoms with Crippen molar-refractivity contribution < 1.29 is 74.9 Å². The molecule has 0 spiro atoms. The van der Waals surface area contributed by atoms with Crippen molar-refractivity contribution in [3.8, 4) is 0 Å². The molecule has 11 N–H and O–H groups in total. The first kappa shape index (κ1) is 29.4. The molecule has 0 amide bonds. The molecule has 0 unspecified atom stereocenters. The van der Waals surface area contributed by atoms with Gasteiger partial charge in [-0.05, 0) is 0 Å². The second-order valence-corrected chi connectivity index (χ2v) is 8.63. The highest BCUT2D eigenvalue weighted by atomic mass is 16.7. The molecule has 2 saturated heterocycles. The smallest absolute Gasteiger partial charge is 0.187 e. The van der Waals surface area contributed by atoms with Crippen molar-refractivity contribution in [1.82, 2.24) is 5.48 Å². The van der Waals surface area contributed by atoms with Crippen LogP contribution in [0.4, 0.5) is 0 Å².